The summed E-state index contributed by atoms with van der Waals surface area (Å²) in [7, 11) is -3.54. The summed E-state index contributed by atoms with van der Waals surface area (Å²) in [5.41, 5.74) is 2.21. The van der Waals surface area contributed by atoms with Crippen molar-refractivity contribution in [1.29, 1.82) is 0 Å². The van der Waals surface area contributed by atoms with E-state index in [-0.39, 0.29) is 10.1 Å². The molecule has 27 heavy (non-hydrogen) atoms. The lowest BCUT2D eigenvalue weighted by molar-refractivity contribution is 0.515. The Morgan fingerprint density at radius 2 is 1.67 bits per heavy atom. The molecule has 1 fully saturated rings. The number of thioether (sulfide) groups is 2. The molecule has 3 nitrogen and oxygen atoms in total. The molecule has 0 radical (unpaired) electrons. The van der Waals surface area contributed by atoms with Gasteiger partial charge in [0, 0.05) is 6.04 Å². The molecule has 0 bridgehead atoms. The van der Waals surface area contributed by atoms with Crippen molar-refractivity contribution in [3.8, 4) is 0 Å². The number of aryl methyl sites for hydroxylation is 1. The summed E-state index contributed by atoms with van der Waals surface area (Å²) in [6.07, 6.45) is 2.73. The SMILES string of the molecule is Cc1ccc(S(=O)(=O)N[C@@H](Cc2ccccc2)CC2(C)SCCCS2)cc1. The first kappa shape index (κ1) is 20.8. The highest BCUT2D eigenvalue weighted by molar-refractivity contribution is 8.18. The molecule has 1 N–H and O–H groups in total. The minimum atomic E-state index is -3.54. The van der Waals surface area contributed by atoms with Crippen molar-refractivity contribution in [2.24, 2.45) is 0 Å². The van der Waals surface area contributed by atoms with Crippen molar-refractivity contribution in [2.45, 2.75) is 48.1 Å². The molecule has 0 aromatic heterocycles. The van der Waals surface area contributed by atoms with Crippen LogP contribution < -0.4 is 4.72 Å². The molecule has 1 heterocycles. The molecule has 2 aromatic rings. The Labute approximate surface area is 171 Å². The van der Waals surface area contributed by atoms with Crippen LogP contribution in [0.5, 0.6) is 0 Å². The lowest BCUT2D eigenvalue weighted by Crippen LogP contribution is -2.41. The molecule has 0 saturated carbocycles. The number of sulfonamides is 1. The van der Waals surface area contributed by atoms with Crippen LogP contribution in [0.2, 0.25) is 0 Å². The predicted molar refractivity (Wildman–Crippen MR) is 118 cm³/mol. The van der Waals surface area contributed by atoms with E-state index in [1.807, 2.05) is 60.8 Å². The summed E-state index contributed by atoms with van der Waals surface area (Å²) in [6.45, 7) is 4.21. The highest BCUT2D eigenvalue weighted by Gasteiger charge is 2.33. The second-order valence-electron chi connectivity index (χ2n) is 7.21. The van der Waals surface area contributed by atoms with Gasteiger partial charge >= 0.3 is 0 Å². The van der Waals surface area contributed by atoms with E-state index in [2.05, 4.69) is 23.8 Å². The molecule has 1 atom stereocenters. The normalized spacial score (nSPS) is 18.1. The first-order chi connectivity index (χ1) is 12.9. The van der Waals surface area contributed by atoms with Crippen LogP contribution >= 0.6 is 23.5 Å². The first-order valence-electron chi connectivity index (χ1n) is 9.27. The molecule has 146 valence electrons. The Kier molecular flexibility index (Phi) is 6.95. The maximum Gasteiger partial charge on any atom is 0.240 e. The van der Waals surface area contributed by atoms with Gasteiger partial charge in [0.15, 0.2) is 0 Å². The molecule has 1 aliphatic rings. The van der Waals surface area contributed by atoms with Gasteiger partial charge in [-0.25, -0.2) is 13.1 Å². The molecule has 0 spiro atoms. The van der Waals surface area contributed by atoms with Crippen molar-refractivity contribution < 1.29 is 8.42 Å². The fourth-order valence-corrected chi connectivity index (χ4v) is 7.63. The van der Waals surface area contributed by atoms with Crippen LogP contribution in [0.4, 0.5) is 0 Å². The number of nitrogens with one attached hydrogen (secondary N) is 1. The summed E-state index contributed by atoms with van der Waals surface area (Å²) in [5, 5.41) is 0. The summed E-state index contributed by atoms with van der Waals surface area (Å²) >= 11 is 3.91. The lowest BCUT2D eigenvalue weighted by Gasteiger charge is -2.35. The summed E-state index contributed by atoms with van der Waals surface area (Å²) in [5.74, 6) is 2.29. The van der Waals surface area contributed by atoms with Crippen molar-refractivity contribution in [3.63, 3.8) is 0 Å². The third kappa shape index (κ3) is 6.01. The lowest BCUT2D eigenvalue weighted by atomic mass is 10.0. The van der Waals surface area contributed by atoms with Gasteiger partial charge < -0.3 is 0 Å². The highest BCUT2D eigenvalue weighted by atomic mass is 32.2. The van der Waals surface area contributed by atoms with Gasteiger partial charge in [-0.1, -0.05) is 48.0 Å². The average Bonchev–Trinajstić information content (AvgIpc) is 2.63. The molecule has 0 aliphatic carbocycles. The van der Waals surface area contributed by atoms with Gasteiger partial charge in [0.05, 0.1) is 8.97 Å². The third-order valence-electron chi connectivity index (χ3n) is 4.70. The second-order valence-corrected chi connectivity index (χ2v) is 12.4. The zero-order chi connectivity index (χ0) is 19.3. The molecule has 0 amide bonds. The van der Waals surface area contributed by atoms with Crippen molar-refractivity contribution in [2.75, 3.05) is 11.5 Å². The Morgan fingerprint density at radius 1 is 1.04 bits per heavy atom. The van der Waals surface area contributed by atoms with E-state index in [1.54, 1.807) is 12.1 Å². The Morgan fingerprint density at radius 3 is 2.30 bits per heavy atom. The summed E-state index contributed by atoms with van der Waals surface area (Å²) in [4.78, 5) is 0.334. The third-order valence-corrected chi connectivity index (χ3v) is 9.48. The topological polar surface area (TPSA) is 46.2 Å². The first-order valence-corrected chi connectivity index (χ1v) is 12.7. The van der Waals surface area contributed by atoms with Crippen molar-refractivity contribution >= 4 is 33.5 Å². The van der Waals surface area contributed by atoms with Crippen LogP contribution in [0.3, 0.4) is 0 Å². The number of rotatable bonds is 7. The molecule has 2 aromatic carbocycles. The fourth-order valence-electron chi connectivity index (χ4n) is 3.30. The van der Waals surface area contributed by atoms with E-state index < -0.39 is 10.0 Å². The van der Waals surface area contributed by atoms with Gasteiger partial charge in [-0.2, -0.15) is 0 Å². The van der Waals surface area contributed by atoms with Crippen LogP contribution in [0.1, 0.15) is 30.9 Å². The smallest absolute Gasteiger partial charge is 0.208 e. The molecule has 1 aliphatic heterocycles. The van der Waals surface area contributed by atoms with E-state index in [0.717, 1.165) is 29.1 Å². The van der Waals surface area contributed by atoms with Gasteiger partial charge in [-0.3, -0.25) is 0 Å². The zero-order valence-corrected chi connectivity index (χ0v) is 18.3. The molecule has 3 rings (SSSR count). The summed E-state index contributed by atoms with van der Waals surface area (Å²) < 4.78 is 29.0. The largest absolute Gasteiger partial charge is 0.240 e. The molecular formula is C21H27NO2S3. The second kappa shape index (κ2) is 9.03. The van der Waals surface area contributed by atoms with Crippen LogP contribution in [0.15, 0.2) is 59.5 Å². The summed E-state index contributed by atoms with van der Waals surface area (Å²) in [6, 6.07) is 17.0. The molecule has 1 saturated heterocycles. The van der Waals surface area contributed by atoms with Crippen molar-refractivity contribution in [1.82, 2.24) is 4.72 Å². The van der Waals surface area contributed by atoms with Gasteiger partial charge in [0.25, 0.3) is 0 Å². The minimum Gasteiger partial charge on any atom is -0.208 e. The standard InChI is InChI=1S/C21H27NO2S3/c1-17-9-11-20(12-10-17)27(23,24)22-19(15-18-7-4-3-5-8-18)16-21(2)25-13-6-14-26-21/h3-5,7-12,19,22H,6,13-16H2,1-2H3/t19-/m0/s1. The maximum absolute atomic E-state index is 13.0. The Balaban J connectivity index is 1.81. The van der Waals surface area contributed by atoms with E-state index in [4.69, 9.17) is 0 Å². The predicted octanol–water partition coefficient (Wildman–Crippen LogP) is 4.86. The van der Waals surface area contributed by atoms with Gasteiger partial charge in [0.1, 0.15) is 0 Å². The monoisotopic (exact) mass is 421 g/mol. The van der Waals surface area contributed by atoms with E-state index in [0.29, 0.717) is 11.3 Å². The van der Waals surface area contributed by atoms with Gasteiger partial charge in [-0.15, -0.1) is 23.5 Å². The zero-order valence-electron chi connectivity index (χ0n) is 15.9. The molecule has 0 unspecified atom stereocenters. The minimum absolute atomic E-state index is 0.0491. The maximum atomic E-state index is 13.0. The van der Waals surface area contributed by atoms with E-state index in [9.17, 15) is 8.42 Å². The number of hydrogen-bond donors (Lipinski definition) is 1. The Hall–Kier alpha value is -0.950. The van der Waals surface area contributed by atoms with Gasteiger partial charge in [-0.05, 0) is 62.3 Å². The average molecular weight is 422 g/mol. The van der Waals surface area contributed by atoms with Crippen LogP contribution in [-0.4, -0.2) is 30.0 Å². The fraction of sp³-hybridized carbons (Fsp3) is 0.429. The molecular weight excluding hydrogens is 394 g/mol. The van der Waals surface area contributed by atoms with Gasteiger partial charge in [0.2, 0.25) is 10.0 Å². The Bertz CT molecular complexity index is 829. The van der Waals surface area contributed by atoms with E-state index >= 15 is 0 Å². The quantitative estimate of drug-likeness (QED) is 0.693. The van der Waals surface area contributed by atoms with Crippen LogP contribution in [-0.2, 0) is 16.4 Å². The highest BCUT2D eigenvalue weighted by Crippen LogP contribution is 2.45. The van der Waals surface area contributed by atoms with Crippen molar-refractivity contribution in [3.05, 3.63) is 65.7 Å². The van der Waals surface area contributed by atoms with Crippen LogP contribution in [0.25, 0.3) is 0 Å². The van der Waals surface area contributed by atoms with Crippen LogP contribution in [0, 0.1) is 6.92 Å². The van der Waals surface area contributed by atoms with E-state index in [1.165, 1.54) is 6.42 Å². The number of hydrogen-bond acceptors (Lipinski definition) is 4. The number of benzene rings is 2. The molecule has 6 heteroatoms.